The van der Waals surface area contributed by atoms with Crippen molar-refractivity contribution in [2.45, 2.75) is 32.4 Å². The van der Waals surface area contributed by atoms with Crippen molar-refractivity contribution in [3.8, 4) is 0 Å². The number of aryl methyl sites for hydroxylation is 1. The third kappa shape index (κ3) is 3.60. The standard InChI is InChI=1S/C14H24N2O2S/c1-12(2)14-5-8-16(9-6-14)19(17,18)11-13-4-7-15(3)10-13/h4,7,10,12,14H,5-6,8-9,11H2,1-3H3. The van der Waals surface area contributed by atoms with Gasteiger partial charge in [0.2, 0.25) is 10.0 Å². The summed E-state index contributed by atoms with van der Waals surface area (Å²) in [5.74, 6) is 1.45. The summed E-state index contributed by atoms with van der Waals surface area (Å²) < 4.78 is 28.3. The molecule has 1 aliphatic heterocycles. The Kier molecular flexibility index (Phi) is 4.36. The highest BCUT2D eigenvalue weighted by atomic mass is 32.2. The molecule has 5 heteroatoms. The van der Waals surface area contributed by atoms with Crippen molar-refractivity contribution in [3.63, 3.8) is 0 Å². The molecule has 0 spiro atoms. The molecular weight excluding hydrogens is 260 g/mol. The summed E-state index contributed by atoms with van der Waals surface area (Å²) in [6.07, 6.45) is 5.74. The van der Waals surface area contributed by atoms with Gasteiger partial charge in [-0.3, -0.25) is 0 Å². The molecule has 0 radical (unpaired) electrons. The molecule has 0 saturated carbocycles. The van der Waals surface area contributed by atoms with E-state index in [0.29, 0.717) is 24.9 Å². The van der Waals surface area contributed by atoms with E-state index in [-0.39, 0.29) is 5.75 Å². The molecule has 4 nitrogen and oxygen atoms in total. The lowest BCUT2D eigenvalue weighted by Crippen LogP contribution is -2.40. The van der Waals surface area contributed by atoms with E-state index in [4.69, 9.17) is 0 Å². The Morgan fingerprint density at radius 2 is 1.95 bits per heavy atom. The lowest BCUT2D eigenvalue weighted by molar-refractivity contribution is 0.226. The van der Waals surface area contributed by atoms with Crippen LogP contribution >= 0.6 is 0 Å². The minimum Gasteiger partial charge on any atom is -0.357 e. The number of rotatable bonds is 4. The van der Waals surface area contributed by atoms with Crippen molar-refractivity contribution in [1.82, 2.24) is 8.87 Å². The van der Waals surface area contributed by atoms with Crippen molar-refractivity contribution < 1.29 is 8.42 Å². The van der Waals surface area contributed by atoms with Crippen LogP contribution in [0.1, 0.15) is 32.3 Å². The third-order valence-corrected chi connectivity index (χ3v) is 5.93. The summed E-state index contributed by atoms with van der Waals surface area (Å²) in [6, 6.07) is 1.87. The molecule has 1 aromatic heterocycles. The first-order valence-corrected chi connectivity index (χ1v) is 8.58. The highest BCUT2D eigenvalue weighted by Crippen LogP contribution is 2.26. The van der Waals surface area contributed by atoms with E-state index < -0.39 is 10.0 Å². The third-order valence-electron chi connectivity index (χ3n) is 4.08. The van der Waals surface area contributed by atoms with E-state index in [1.54, 1.807) is 4.31 Å². The van der Waals surface area contributed by atoms with Gasteiger partial charge in [-0.2, -0.15) is 0 Å². The van der Waals surface area contributed by atoms with Crippen molar-refractivity contribution in [2.24, 2.45) is 18.9 Å². The molecule has 2 rings (SSSR count). The molecule has 0 amide bonds. The first-order valence-electron chi connectivity index (χ1n) is 6.97. The van der Waals surface area contributed by atoms with Crippen molar-refractivity contribution in [2.75, 3.05) is 13.1 Å². The molecule has 1 aliphatic rings. The number of aromatic nitrogens is 1. The number of nitrogens with zero attached hydrogens (tertiary/aromatic N) is 2. The van der Waals surface area contributed by atoms with Crippen LogP contribution in [0.2, 0.25) is 0 Å². The van der Waals surface area contributed by atoms with E-state index in [0.717, 1.165) is 18.4 Å². The molecule has 1 aromatic rings. The molecule has 1 fully saturated rings. The van der Waals surface area contributed by atoms with Gasteiger partial charge in [0.15, 0.2) is 0 Å². The lowest BCUT2D eigenvalue weighted by Gasteiger charge is -2.33. The molecule has 0 bridgehead atoms. The highest BCUT2D eigenvalue weighted by Gasteiger charge is 2.29. The van der Waals surface area contributed by atoms with Gasteiger partial charge in [0.05, 0.1) is 5.75 Å². The Morgan fingerprint density at radius 1 is 1.32 bits per heavy atom. The van der Waals surface area contributed by atoms with Gasteiger partial charge in [0.1, 0.15) is 0 Å². The Bertz CT molecular complexity index is 511. The average Bonchev–Trinajstić information content (AvgIpc) is 2.74. The van der Waals surface area contributed by atoms with E-state index in [1.165, 1.54) is 0 Å². The summed E-state index contributed by atoms with van der Waals surface area (Å²) >= 11 is 0. The van der Waals surface area contributed by atoms with Crippen LogP contribution < -0.4 is 0 Å². The van der Waals surface area contributed by atoms with Gasteiger partial charge >= 0.3 is 0 Å². The Balaban J connectivity index is 1.98. The predicted molar refractivity (Wildman–Crippen MR) is 77.2 cm³/mol. The second kappa shape index (κ2) is 5.67. The van der Waals surface area contributed by atoms with Crippen LogP contribution in [0.25, 0.3) is 0 Å². The van der Waals surface area contributed by atoms with Gasteiger partial charge in [0.25, 0.3) is 0 Å². The molecule has 0 atom stereocenters. The summed E-state index contributed by atoms with van der Waals surface area (Å²) in [7, 11) is -1.25. The van der Waals surface area contributed by atoms with Crippen molar-refractivity contribution in [3.05, 3.63) is 24.0 Å². The van der Waals surface area contributed by atoms with Crippen LogP contribution in [0.4, 0.5) is 0 Å². The number of hydrogen-bond acceptors (Lipinski definition) is 2. The van der Waals surface area contributed by atoms with Gasteiger partial charge in [-0.1, -0.05) is 13.8 Å². The van der Waals surface area contributed by atoms with E-state index in [9.17, 15) is 8.42 Å². The first-order chi connectivity index (χ1) is 8.88. The Morgan fingerprint density at radius 3 is 2.42 bits per heavy atom. The fourth-order valence-electron chi connectivity index (χ4n) is 2.77. The van der Waals surface area contributed by atoms with Crippen LogP contribution in [-0.4, -0.2) is 30.4 Å². The maximum Gasteiger partial charge on any atom is 0.218 e. The monoisotopic (exact) mass is 284 g/mol. The molecule has 0 aromatic carbocycles. The van der Waals surface area contributed by atoms with Crippen LogP contribution in [0.15, 0.2) is 18.5 Å². The second-order valence-corrected chi connectivity index (χ2v) is 7.89. The van der Waals surface area contributed by atoms with Gasteiger partial charge in [-0.25, -0.2) is 12.7 Å². The van der Waals surface area contributed by atoms with Crippen molar-refractivity contribution >= 4 is 10.0 Å². The largest absolute Gasteiger partial charge is 0.357 e. The minimum absolute atomic E-state index is 0.125. The minimum atomic E-state index is -3.15. The van der Waals surface area contributed by atoms with E-state index in [1.807, 2.05) is 30.1 Å². The molecule has 108 valence electrons. The molecule has 0 N–H and O–H groups in total. The summed E-state index contributed by atoms with van der Waals surface area (Å²) in [5, 5.41) is 0. The number of sulfonamides is 1. The topological polar surface area (TPSA) is 42.3 Å². The Labute approximate surface area is 116 Å². The normalized spacial score (nSPS) is 19.2. The van der Waals surface area contributed by atoms with Crippen molar-refractivity contribution in [1.29, 1.82) is 0 Å². The lowest BCUT2D eigenvalue weighted by atomic mass is 9.87. The fourth-order valence-corrected chi connectivity index (χ4v) is 4.31. The van der Waals surface area contributed by atoms with Crippen LogP contribution in [0, 0.1) is 11.8 Å². The average molecular weight is 284 g/mol. The smallest absolute Gasteiger partial charge is 0.218 e. The van der Waals surface area contributed by atoms with E-state index in [2.05, 4.69) is 13.8 Å². The molecular formula is C14H24N2O2S. The zero-order valence-electron chi connectivity index (χ0n) is 12.0. The second-order valence-electron chi connectivity index (χ2n) is 5.92. The molecule has 0 unspecified atom stereocenters. The fraction of sp³-hybridized carbons (Fsp3) is 0.714. The van der Waals surface area contributed by atoms with Crippen LogP contribution in [0.5, 0.6) is 0 Å². The maximum atomic E-state index is 12.4. The zero-order chi connectivity index (χ0) is 14.0. The van der Waals surface area contributed by atoms with Crippen LogP contribution in [-0.2, 0) is 22.8 Å². The summed E-state index contributed by atoms with van der Waals surface area (Å²) in [4.78, 5) is 0. The molecule has 0 aliphatic carbocycles. The van der Waals surface area contributed by atoms with E-state index >= 15 is 0 Å². The first kappa shape index (κ1) is 14.6. The number of piperidine rings is 1. The number of hydrogen-bond donors (Lipinski definition) is 0. The quantitative estimate of drug-likeness (QED) is 0.851. The highest BCUT2D eigenvalue weighted by molar-refractivity contribution is 7.88. The van der Waals surface area contributed by atoms with Gasteiger partial charge < -0.3 is 4.57 Å². The predicted octanol–water partition coefficient (Wildman–Crippen LogP) is 2.22. The maximum absolute atomic E-state index is 12.4. The summed E-state index contributed by atoms with van der Waals surface area (Å²) in [5.41, 5.74) is 0.869. The van der Waals surface area contributed by atoms with Crippen LogP contribution in [0.3, 0.4) is 0 Å². The zero-order valence-corrected chi connectivity index (χ0v) is 12.9. The summed E-state index contributed by atoms with van der Waals surface area (Å²) in [6.45, 7) is 5.80. The van der Waals surface area contributed by atoms with Gasteiger partial charge in [-0.15, -0.1) is 0 Å². The SMILES string of the molecule is CC(C)C1CCN(S(=O)(=O)Cc2ccn(C)c2)CC1. The molecule has 1 saturated heterocycles. The molecule has 19 heavy (non-hydrogen) atoms. The van der Waals surface area contributed by atoms with Gasteiger partial charge in [0, 0.05) is 32.5 Å². The van der Waals surface area contributed by atoms with Gasteiger partial charge in [-0.05, 0) is 36.3 Å². The molecule has 2 heterocycles. The Hall–Kier alpha value is -0.810.